The molecule has 21 heavy (non-hydrogen) atoms. The second kappa shape index (κ2) is 6.96. The summed E-state index contributed by atoms with van der Waals surface area (Å²) in [4.78, 5) is 22.7. The molecule has 0 aliphatic rings. The molecule has 1 unspecified atom stereocenters. The molecule has 1 aromatic rings. The van der Waals surface area contributed by atoms with E-state index in [0.29, 0.717) is 18.6 Å². The molecule has 2 atom stereocenters. The number of halogens is 3. The summed E-state index contributed by atoms with van der Waals surface area (Å²) in [5.41, 5.74) is -0.322. The summed E-state index contributed by atoms with van der Waals surface area (Å²) < 4.78 is 38.7. The molecule has 1 aromatic carbocycles. The van der Waals surface area contributed by atoms with E-state index < -0.39 is 35.5 Å². The fourth-order valence-electron chi connectivity index (χ4n) is 1.62. The van der Waals surface area contributed by atoms with Crippen molar-refractivity contribution in [3.8, 4) is 0 Å². The molecule has 116 valence electrons. The first-order valence-electron chi connectivity index (χ1n) is 6.21. The number of amides is 2. The molecule has 1 rings (SSSR count). The number of hydrogen-bond acceptors (Lipinski definition) is 2. The number of aliphatic carboxylic acids is 1. The zero-order valence-electron chi connectivity index (χ0n) is 11.4. The minimum atomic E-state index is -1.65. The van der Waals surface area contributed by atoms with E-state index in [1.165, 1.54) is 0 Å². The van der Waals surface area contributed by atoms with Gasteiger partial charge in [-0.2, -0.15) is 0 Å². The van der Waals surface area contributed by atoms with Crippen molar-refractivity contribution in [2.75, 3.05) is 5.32 Å². The fourth-order valence-corrected chi connectivity index (χ4v) is 1.62. The van der Waals surface area contributed by atoms with Crippen molar-refractivity contribution in [2.45, 2.75) is 26.3 Å². The molecule has 0 saturated carbocycles. The molecule has 0 aliphatic carbocycles. The van der Waals surface area contributed by atoms with Gasteiger partial charge in [-0.3, -0.25) is 0 Å². The quantitative estimate of drug-likeness (QED) is 0.732. The first kappa shape index (κ1) is 16.8. The van der Waals surface area contributed by atoms with Gasteiger partial charge in [-0.1, -0.05) is 20.3 Å². The highest BCUT2D eigenvalue weighted by Crippen LogP contribution is 2.17. The predicted octanol–water partition coefficient (Wildman–Crippen LogP) is 2.72. The van der Waals surface area contributed by atoms with Crippen LogP contribution in [-0.2, 0) is 4.79 Å². The number of carbonyl (C=O) groups excluding carboxylic acids is 1. The Bertz CT molecular complexity index is 528. The number of anilines is 1. The van der Waals surface area contributed by atoms with Crippen LogP contribution in [0.15, 0.2) is 12.1 Å². The molecule has 0 bridgehead atoms. The van der Waals surface area contributed by atoms with Crippen molar-refractivity contribution >= 4 is 17.7 Å². The van der Waals surface area contributed by atoms with E-state index in [9.17, 15) is 22.8 Å². The van der Waals surface area contributed by atoms with E-state index in [-0.39, 0.29) is 11.6 Å². The number of carbonyl (C=O) groups is 2. The van der Waals surface area contributed by atoms with E-state index in [0.717, 1.165) is 0 Å². The van der Waals surface area contributed by atoms with E-state index in [4.69, 9.17) is 5.11 Å². The third-order valence-corrected chi connectivity index (χ3v) is 3.01. The fraction of sp³-hybridized carbons (Fsp3) is 0.385. The van der Waals surface area contributed by atoms with Gasteiger partial charge in [-0.15, -0.1) is 0 Å². The van der Waals surface area contributed by atoms with Crippen LogP contribution in [-0.4, -0.2) is 23.1 Å². The Labute approximate surface area is 119 Å². The van der Waals surface area contributed by atoms with E-state index in [2.05, 4.69) is 10.6 Å². The molecule has 0 aliphatic heterocycles. The van der Waals surface area contributed by atoms with E-state index in [1.807, 2.05) is 0 Å². The lowest BCUT2D eigenvalue weighted by Crippen LogP contribution is -2.46. The van der Waals surface area contributed by atoms with Crippen molar-refractivity contribution in [1.29, 1.82) is 0 Å². The van der Waals surface area contributed by atoms with Crippen molar-refractivity contribution < 1.29 is 27.9 Å². The lowest BCUT2D eigenvalue weighted by atomic mass is 9.99. The first-order valence-corrected chi connectivity index (χ1v) is 6.21. The van der Waals surface area contributed by atoms with Gasteiger partial charge in [-0.05, 0) is 5.92 Å². The predicted molar refractivity (Wildman–Crippen MR) is 69.3 cm³/mol. The molecular formula is C13H15F3N2O3. The van der Waals surface area contributed by atoms with E-state index >= 15 is 0 Å². The van der Waals surface area contributed by atoms with Crippen LogP contribution in [0.4, 0.5) is 23.7 Å². The zero-order chi connectivity index (χ0) is 16.2. The minimum Gasteiger partial charge on any atom is -0.480 e. The van der Waals surface area contributed by atoms with Gasteiger partial charge in [-0.25, -0.2) is 22.8 Å². The van der Waals surface area contributed by atoms with Crippen molar-refractivity contribution in [1.82, 2.24) is 5.32 Å². The Morgan fingerprint density at radius 1 is 1.24 bits per heavy atom. The average Bonchev–Trinajstić information content (AvgIpc) is 2.40. The SMILES string of the molecule is CCC(C)[C@H](NC(=O)Nc1cc(F)c(F)c(F)c1)C(=O)O. The topological polar surface area (TPSA) is 78.4 Å². The second-order valence-corrected chi connectivity index (χ2v) is 4.55. The maximum Gasteiger partial charge on any atom is 0.326 e. The summed E-state index contributed by atoms with van der Waals surface area (Å²) in [7, 11) is 0. The van der Waals surface area contributed by atoms with Crippen LogP contribution in [0.3, 0.4) is 0 Å². The second-order valence-electron chi connectivity index (χ2n) is 4.55. The first-order chi connectivity index (χ1) is 9.76. The number of carboxylic acid groups (broad SMARTS) is 1. The molecule has 0 aromatic heterocycles. The van der Waals surface area contributed by atoms with Gasteiger partial charge in [0.05, 0.1) is 0 Å². The maximum atomic E-state index is 13.0. The highest BCUT2D eigenvalue weighted by atomic mass is 19.2. The summed E-state index contributed by atoms with van der Waals surface area (Å²) >= 11 is 0. The standard InChI is InChI=1S/C13H15F3N2O3/c1-3-6(2)11(12(19)20)18-13(21)17-7-4-8(14)10(16)9(15)5-7/h4-6,11H,3H2,1-2H3,(H,19,20)(H2,17,18,21)/t6?,11-/m0/s1. The molecule has 8 heteroatoms. The van der Waals surface area contributed by atoms with Crippen LogP contribution in [0.25, 0.3) is 0 Å². The molecule has 0 heterocycles. The molecule has 2 amide bonds. The van der Waals surface area contributed by atoms with Crippen molar-refractivity contribution in [3.63, 3.8) is 0 Å². The van der Waals surface area contributed by atoms with Gasteiger partial charge in [0.25, 0.3) is 0 Å². The van der Waals surface area contributed by atoms with Crippen LogP contribution in [0, 0.1) is 23.4 Å². The highest BCUT2D eigenvalue weighted by Gasteiger charge is 2.25. The van der Waals surface area contributed by atoms with Crippen LogP contribution in [0.1, 0.15) is 20.3 Å². The maximum absolute atomic E-state index is 13.0. The van der Waals surface area contributed by atoms with Gasteiger partial charge in [0.2, 0.25) is 0 Å². The number of carboxylic acids is 1. The smallest absolute Gasteiger partial charge is 0.326 e. The number of hydrogen-bond donors (Lipinski definition) is 3. The average molecular weight is 304 g/mol. The Hall–Kier alpha value is -2.25. The van der Waals surface area contributed by atoms with E-state index in [1.54, 1.807) is 13.8 Å². The van der Waals surface area contributed by atoms with Crippen LogP contribution in [0.5, 0.6) is 0 Å². The molecule has 0 fully saturated rings. The lowest BCUT2D eigenvalue weighted by Gasteiger charge is -2.20. The Morgan fingerprint density at radius 3 is 2.19 bits per heavy atom. The molecule has 5 nitrogen and oxygen atoms in total. The van der Waals surface area contributed by atoms with Crippen LogP contribution >= 0.6 is 0 Å². The van der Waals surface area contributed by atoms with Gasteiger partial charge in [0, 0.05) is 17.8 Å². The summed E-state index contributed by atoms with van der Waals surface area (Å²) in [5.74, 6) is -6.13. The third-order valence-electron chi connectivity index (χ3n) is 3.01. The Balaban J connectivity index is 2.79. The number of benzene rings is 1. The Morgan fingerprint density at radius 2 is 1.76 bits per heavy atom. The summed E-state index contributed by atoms with van der Waals surface area (Å²) in [6, 6.07) is -0.910. The summed E-state index contributed by atoms with van der Waals surface area (Å²) in [6.07, 6.45) is 0.511. The van der Waals surface area contributed by atoms with Crippen LogP contribution in [0.2, 0.25) is 0 Å². The molecule has 0 radical (unpaired) electrons. The molecule has 3 N–H and O–H groups in total. The number of rotatable bonds is 5. The third kappa shape index (κ3) is 4.37. The zero-order valence-corrected chi connectivity index (χ0v) is 11.4. The number of nitrogens with one attached hydrogen (secondary N) is 2. The summed E-state index contributed by atoms with van der Waals surface area (Å²) in [5, 5.41) is 13.2. The van der Waals surface area contributed by atoms with Gasteiger partial charge < -0.3 is 15.7 Å². The largest absolute Gasteiger partial charge is 0.480 e. The lowest BCUT2D eigenvalue weighted by molar-refractivity contribution is -0.140. The molecule has 0 saturated heterocycles. The Kier molecular flexibility index (Phi) is 5.57. The highest BCUT2D eigenvalue weighted by molar-refractivity contribution is 5.92. The van der Waals surface area contributed by atoms with Crippen molar-refractivity contribution in [2.24, 2.45) is 5.92 Å². The normalized spacial score (nSPS) is 13.4. The summed E-state index contributed by atoms with van der Waals surface area (Å²) in [6.45, 7) is 3.39. The molecule has 0 spiro atoms. The molecular weight excluding hydrogens is 289 g/mol. The van der Waals surface area contributed by atoms with Crippen LogP contribution < -0.4 is 10.6 Å². The minimum absolute atomic E-state index is 0.322. The number of urea groups is 1. The van der Waals surface area contributed by atoms with Crippen molar-refractivity contribution in [3.05, 3.63) is 29.6 Å². The van der Waals surface area contributed by atoms with Gasteiger partial charge in [0.15, 0.2) is 17.5 Å². The monoisotopic (exact) mass is 304 g/mol. The van der Waals surface area contributed by atoms with Gasteiger partial charge >= 0.3 is 12.0 Å². The van der Waals surface area contributed by atoms with Gasteiger partial charge in [0.1, 0.15) is 6.04 Å².